The molecule has 0 fully saturated rings. The van der Waals surface area contributed by atoms with Crippen molar-refractivity contribution >= 4 is 0 Å². The maximum atomic E-state index is 17.8. The zero-order chi connectivity index (χ0) is 69.8. The number of hydrogen-bond donors (Lipinski definition) is 1. The van der Waals surface area contributed by atoms with Gasteiger partial charge in [-0.3, -0.25) is 0 Å². The van der Waals surface area contributed by atoms with Crippen LogP contribution in [0.3, 0.4) is 0 Å². The summed E-state index contributed by atoms with van der Waals surface area (Å²) in [6.45, 7) is 10.6. The second-order valence-electron chi connectivity index (χ2n) is 24.2. The summed E-state index contributed by atoms with van der Waals surface area (Å²) in [6.07, 6.45) is 13.7. The minimum Gasteiger partial charge on any atom is -0.491 e. The fourth-order valence-corrected chi connectivity index (χ4v) is 38.2. The van der Waals surface area contributed by atoms with E-state index in [0.717, 1.165) is 18.6 Å². The number of hydrogen-bond acceptors (Lipinski definition) is 2. The standard InChI is InChI=1S/C44H26F20I.C26H38IO2/c1-43(2,3)15-7-11-17(12-8-15)65(18-13-9-16(10-14-18)44(4,5)6,39-31(57)23(49)19(45)24(50)32(39)58,40-33(59)25(51)20(46)26(52)34(40)60,41-35(61)27(53)21(47)28(54)36(41)62)42-37(63)29(55)22(48)30(56)38(42)64;1-2-3-4-5-6-7-8-9-10-14-17-25(28)22-29-26-20-18-24(19-21-26)27-23-15-12-11-13-16-23/h7-14H,1-6H3;11-13,15-16,18-21,25,28H,2-10,14,17,22H2,1H3/q2*+1. The van der Waals surface area contributed by atoms with Crippen LogP contribution in [0.4, 0.5) is 87.8 Å². The molecule has 1 unspecified atom stereocenters. The molecule has 1 N–H and O–H groups in total. The number of aliphatic hydroxyl groups is 1. The van der Waals surface area contributed by atoms with E-state index in [1.165, 1.54) is 106 Å². The van der Waals surface area contributed by atoms with Gasteiger partial charge in [-0.15, -0.1) is 0 Å². The Morgan fingerprint density at radius 1 is 0.340 bits per heavy atom. The molecule has 94 heavy (non-hydrogen) atoms. The third kappa shape index (κ3) is 12.6. The average molecular weight is 1570 g/mol. The first-order valence-corrected chi connectivity index (χ1v) is 38.1. The predicted octanol–water partition coefficient (Wildman–Crippen LogP) is 14.7. The summed E-state index contributed by atoms with van der Waals surface area (Å²) >= 11 is -12.4. The molecule has 8 rings (SSSR count). The first kappa shape index (κ1) is 75.0. The van der Waals surface area contributed by atoms with E-state index in [1.54, 1.807) is 0 Å². The van der Waals surface area contributed by atoms with Crippen molar-refractivity contribution in [1.82, 2.24) is 0 Å². The molecule has 508 valence electrons. The van der Waals surface area contributed by atoms with Crippen molar-refractivity contribution in [3.05, 3.63) is 259 Å². The van der Waals surface area contributed by atoms with E-state index in [-0.39, 0.29) is 62.7 Å². The van der Waals surface area contributed by atoms with Crippen LogP contribution in [-0.2, 0) is 10.8 Å². The first-order valence-electron chi connectivity index (χ1n) is 29.4. The van der Waals surface area contributed by atoms with Crippen molar-refractivity contribution in [1.29, 1.82) is 0 Å². The van der Waals surface area contributed by atoms with Gasteiger partial charge in [0.1, 0.15) is 12.4 Å². The molecule has 1 atom stereocenters. The van der Waals surface area contributed by atoms with Gasteiger partial charge in [0.15, 0.2) is 7.14 Å². The quantitative estimate of drug-likeness (QED) is 0.0241. The summed E-state index contributed by atoms with van der Waals surface area (Å²) in [5, 5.41) is 10.2. The molecule has 8 aromatic carbocycles. The molecule has 0 saturated carbocycles. The zero-order valence-corrected chi connectivity index (χ0v) is 55.9. The predicted molar refractivity (Wildman–Crippen MR) is 306 cm³/mol. The van der Waals surface area contributed by atoms with Crippen molar-refractivity contribution in [2.24, 2.45) is 0 Å². The second-order valence-corrected chi connectivity index (χ2v) is 42.2. The van der Waals surface area contributed by atoms with Gasteiger partial charge < -0.3 is 9.84 Å². The summed E-state index contributed by atoms with van der Waals surface area (Å²) in [5.41, 5.74) is -3.08. The maximum absolute atomic E-state index is 17.8. The van der Waals surface area contributed by atoms with Gasteiger partial charge in [0.05, 0.1) is 6.10 Å². The van der Waals surface area contributed by atoms with Crippen LogP contribution in [0.15, 0.2) is 103 Å². The SMILES string of the molecule is CC(C)(C)c1ccc([I+](c2ccc(C(C)(C)C)cc2)(c2c(F)c(F)c(F)c(F)c2F)(c2c(F)c(F)c(F)c(F)c2F)(c2c(F)c(F)c(F)c(F)c2F)c2c(F)c(F)c(F)c(F)c2F)cc1.CCCCCCCCCCCCC(O)COc1ccc([I+]c2ccccc2)cc1. The molecule has 8 aromatic rings. The number of rotatable bonds is 22. The van der Waals surface area contributed by atoms with Gasteiger partial charge in [0, 0.05) is 0 Å². The van der Waals surface area contributed by atoms with Crippen LogP contribution >= 0.6 is 0 Å². The van der Waals surface area contributed by atoms with Crippen LogP contribution in [0.25, 0.3) is 0 Å². The van der Waals surface area contributed by atoms with E-state index in [2.05, 4.69) is 49.4 Å². The average Bonchev–Trinajstić information content (AvgIpc) is 0.595. The van der Waals surface area contributed by atoms with Gasteiger partial charge in [-0.05, 0) is 42.8 Å². The Bertz CT molecular complexity index is 3600. The number of ether oxygens (including phenoxy) is 1. The molecule has 0 spiro atoms. The monoisotopic (exact) mass is 1570 g/mol. The van der Waals surface area contributed by atoms with Crippen molar-refractivity contribution in [3.8, 4) is 5.75 Å². The largest absolute Gasteiger partial charge is 0.491 e. The van der Waals surface area contributed by atoms with E-state index >= 15 is 87.8 Å². The Hall–Kier alpha value is -6.42. The number of benzene rings is 8. The Kier molecular flexibility index (Phi) is 23.2. The molecule has 2 nitrogen and oxygen atoms in total. The molecule has 0 aliphatic carbocycles. The molecule has 0 aliphatic heterocycles. The van der Waals surface area contributed by atoms with Gasteiger partial charge in [0.2, 0.25) is 0 Å². The third-order valence-corrected chi connectivity index (χ3v) is 41.1. The first-order chi connectivity index (χ1) is 44.1. The zero-order valence-electron chi connectivity index (χ0n) is 51.5. The van der Waals surface area contributed by atoms with Crippen molar-refractivity contribution in [2.45, 2.75) is 136 Å². The molecule has 0 amide bonds. The van der Waals surface area contributed by atoms with Gasteiger partial charge in [-0.2, -0.15) is 0 Å². The fourth-order valence-electron chi connectivity index (χ4n) is 11.4. The van der Waals surface area contributed by atoms with Gasteiger partial charge in [-0.25, -0.2) is 0 Å². The maximum Gasteiger partial charge on any atom is 0.357 e. The summed E-state index contributed by atoms with van der Waals surface area (Å²) in [4.78, 5) is 0. The molecular formula is C70H64F20I2O2+2. The van der Waals surface area contributed by atoms with Crippen LogP contribution in [0.2, 0.25) is 0 Å². The molecule has 0 aliphatic rings. The summed E-state index contributed by atoms with van der Waals surface area (Å²) in [7, 11) is 0. The van der Waals surface area contributed by atoms with Crippen LogP contribution in [0, 0.1) is 145 Å². The number of halogens is 22. The van der Waals surface area contributed by atoms with E-state index in [0.29, 0.717) is 30.9 Å². The van der Waals surface area contributed by atoms with Crippen molar-refractivity contribution in [2.75, 3.05) is 6.61 Å². The molecule has 0 radical (unpaired) electrons. The topological polar surface area (TPSA) is 29.5 Å². The van der Waals surface area contributed by atoms with Crippen LogP contribution in [-0.4, -0.2) is 17.8 Å². The Labute approximate surface area is 538 Å². The Morgan fingerprint density at radius 2 is 0.606 bits per heavy atom. The van der Waals surface area contributed by atoms with E-state index in [4.69, 9.17) is 4.74 Å². The molecule has 0 heterocycles. The number of unbranched alkanes of at least 4 members (excludes halogenated alkanes) is 9. The Morgan fingerprint density at radius 3 is 0.894 bits per heavy atom. The van der Waals surface area contributed by atoms with Crippen molar-refractivity contribution < 1.29 is 135 Å². The minimum atomic E-state index is -12.3. The second kappa shape index (κ2) is 29.1. The Balaban J connectivity index is 0.000000359. The normalized spacial score (nSPS) is 13.1. The van der Waals surface area contributed by atoms with Gasteiger partial charge in [0.25, 0.3) is 0 Å². The molecule has 0 aromatic heterocycles. The van der Waals surface area contributed by atoms with Crippen LogP contribution in [0.1, 0.15) is 130 Å². The van der Waals surface area contributed by atoms with Gasteiger partial charge in [-0.1, -0.05) is 89.3 Å². The van der Waals surface area contributed by atoms with E-state index in [9.17, 15) is 5.11 Å². The molecule has 0 bridgehead atoms. The van der Waals surface area contributed by atoms with E-state index < -0.39 is 164 Å². The van der Waals surface area contributed by atoms with E-state index in [1.807, 2.05) is 12.1 Å². The smallest absolute Gasteiger partial charge is 0.357 e. The van der Waals surface area contributed by atoms with Crippen LogP contribution in [0.5, 0.6) is 5.75 Å². The summed E-state index contributed by atoms with van der Waals surface area (Å²) < 4.78 is 324. The summed E-state index contributed by atoms with van der Waals surface area (Å²) in [5.74, 6) is -71.2. The van der Waals surface area contributed by atoms with Gasteiger partial charge >= 0.3 is 374 Å². The molecule has 24 heteroatoms. The summed E-state index contributed by atoms with van der Waals surface area (Å²) in [6, 6.07) is 21.0. The van der Waals surface area contributed by atoms with Crippen molar-refractivity contribution in [3.63, 3.8) is 0 Å². The fraction of sp³-hybridized carbons (Fsp3) is 0.314. The third-order valence-electron chi connectivity index (χ3n) is 16.1. The molecule has 0 saturated heterocycles. The number of aliphatic hydroxyl groups excluding tert-OH is 1. The minimum absolute atomic E-state index is 0.00708. The molecular weight excluding hydrogens is 1510 g/mol. The van der Waals surface area contributed by atoms with Crippen LogP contribution < -0.4 is 41.6 Å².